The monoisotopic (exact) mass is 357 g/mol. The number of hydrogen-bond donors (Lipinski definition) is 2. The van der Waals surface area contributed by atoms with Gasteiger partial charge in [-0.15, -0.1) is 0 Å². The third kappa shape index (κ3) is 4.33. The number of aryl methyl sites for hydroxylation is 1. The highest BCUT2D eigenvalue weighted by molar-refractivity contribution is 7.92. The number of sulfonamides is 1. The predicted molar refractivity (Wildman–Crippen MR) is 95.9 cm³/mol. The lowest BCUT2D eigenvalue weighted by atomic mass is 10.2. The molecule has 0 unspecified atom stereocenters. The Bertz CT molecular complexity index is 955. The van der Waals surface area contributed by atoms with Gasteiger partial charge in [-0.1, -0.05) is 17.7 Å². The second-order valence-corrected chi connectivity index (χ2v) is 7.16. The number of pyridine rings is 1. The number of nitrogens with zero attached hydrogens (tertiary/aromatic N) is 1. The smallest absolute Gasteiger partial charge is 0.261 e. The SMILES string of the molecule is Cc1ccc(S(=O)(=O)Nc2ccc(Nc3ccc(F)cc3)nc2)cc1. The molecular weight excluding hydrogens is 341 g/mol. The van der Waals surface area contributed by atoms with E-state index in [1.165, 1.54) is 18.3 Å². The van der Waals surface area contributed by atoms with Crippen molar-refractivity contribution in [2.45, 2.75) is 11.8 Å². The summed E-state index contributed by atoms with van der Waals surface area (Å²) >= 11 is 0. The van der Waals surface area contributed by atoms with E-state index in [0.29, 0.717) is 17.2 Å². The van der Waals surface area contributed by atoms with E-state index in [0.717, 1.165) is 5.56 Å². The molecule has 0 aliphatic heterocycles. The van der Waals surface area contributed by atoms with E-state index >= 15 is 0 Å². The lowest BCUT2D eigenvalue weighted by Gasteiger charge is -2.09. The van der Waals surface area contributed by atoms with Crippen LogP contribution in [-0.2, 0) is 10.0 Å². The average Bonchev–Trinajstić information content (AvgIpc) is 2.59. The summed E-state index contributed by atoms with van der Waals surface area (Å²) in [5, 5.41) is 3.00. The number of aromatic nitrogens is 1. The number of halogens is 1. The first-order chi connectivity index (χ1) is 11.9. The van der Waals surface area contributed by atoms with Crippen molar-refractivity contribution in [3.63, 3.8) is 0 Å². The number of rotatable bonds is 5. The maximum absolute atomic E-state index is 12.9. The molecule has 0 aliphatic carbocycles. The van der Waals surface area contributed by atoms with E-state index in [1.54, 1.807) is 48.5 Å². The number of anilines is 3. The van der Waals surface area contributed by atoms with E-state index in [4.69, 9.17) is 0 Å². The van der Waals surface area contributed by atoms with Gasteiger partial charge in [-0.05, 0) is 55.5 Å². The van der Waals surface area contributed by atoms with Crippen molar-refractivity contribution in [3.8, 4) is 0 Å². The van der Waals surface area contributed by atoms with Crippen LogP contribution in [0, 0.1) is 12.7 Å². The Balaban J connectivity index is 1.71. The van der Waals surface area contributed by atoms with Gasteiger partial charge < -0.3 is 5.32 Å². The van der Waals surface area contributed by atoms with E-state index < -0.39 is 10.0 Å². The van der Waals surface area contributed by atoms with Crippen molar-refractivity contribution in [1.29, 1.82) is 0 Å². The van der Waals surface area contributed by atoms with Gasteiger partial charge in [-0.3, -0.25) is 4.72 Å². The first-order valence-electron chi connectivity index (χ1n) is 7.50. The van der Waals surface area contributed by atoms with Crippen LogP contribution in [0.3, 0.4) is 0 Å². The highest BCUT2D eigenvalue weighted by atomic mass is 32.2. The largest absolute Gasteiger partial charge is 0.340 e. The Hall–Kier alpha value is -2.93. The van der Waals surface area contributed by atoms with Gasteiger partial charge in [0.1, 0.15) is 11.6 Å². The first kappa shape index (κ1) is 16.9. The summed E-state index contributed by atoms with van der Waals surface area (Å²) in [5.74, 6) is 0.198. The van der Waals surface area contributed by atoms with Crippen LogP contribution in [-0.4, -0.2) is 13.4 Å². The van der Waals surface area contributed by atoms with Crippen molar-refractivity contribution in [1.82, 2.24) is 4.98 Å². The van der Waals surface area contributed by atoms with Crippen LogP contribution in [0.15, 0.2) is 71.8 Å². The van der Waals surface area contributed by atoms with Gasteiger partial charge in [0.2, 0.25) is 0 Å². The molecule has 0 atom stereocenters. The maximum atomic E-state index is 12.9. The molecule has 2 aromatic carbocycles. The van der Waals surface area contributed by atoms with Crippen LogP contribution in [0.1, 0.15) is 5.56 Å². The number of benzene rings is 2. The molecular formula is C18H16FN3O2S. The van der Waals surface area contributed by atoms with Gasteiger partial charge in [0.15, 0.2) is 0 Å². The molecule has 0 saturated carbocycles. The van der Waals surface area contributed by atoms with E-state index in [1.807, 2.05) is 6.92 Å². The fraction of sp³-hybridized carbons (Fsp3) is 0.0556. The van der Waals surface area contributed by atoms with Crippen LogP contribution >= 0.6 is 0 Å². The summed E-state index contributed by atoms with van der Waals surface area (Å²) in [7, 11) is -3.66. The summed E-state index contributed by atoms with van der Waals surface area (Å²) in [6, 6.07) is 15.7. The van der Waals surface area contributed by atoms with Crippen LogP contribution in [0.4, 0.5) is 21.6 Å². The second kappa shape index (κ2) is 6.90. The van der Waals surface area contributed by atoms with Crippen LogP contribution < -0.4 is 10.0 Å². The predicted octanol–water partition coefficient (Wildman–Crippen LogP) is 4.07. The average molecular weight is 357 g/mol. The molecule has 25 heavy (non-hydrogen) atoms. The van der Waals surface area contributed by atoms with Gasteiger partial charge in [0, 0.05) is 5.69 Å². The summed E-state index contributed by atoms with van der Waals surface area (Å²) in [6.07, 6.45) is 1.41. The highest BCUT2D eigenvalue weighted by Gasteiger charge is 2.13. The minimum Gasteiger partial charge on any atom is -0.340 e. The fourth-order valence-corrected chi connectivity index (χ4v) is 3.18. The molecule has 128 valence electrons. The summed E-state index contributed by atoms with van der Waals surface area (Å²) in [4.78, 5) is 4.34. The molecule has 0 amide bonds. The Morgan fingerprint density at radius 3 is 2.12 bits per heavy atom. The van der Waals surface area contributed by atoms with Crippen LogP contribution in [0.25, 0.3) is 0 Å². The molecule has 3 rings (SSSR count). The zero-order valence-electron chi connectivity index (χ0n) is 13.4. The second-order valence-electron chi connectivity index (χ2n) is 5.48. The fourth-order valence-electron chi connectivity index (χ4n) is 2.14. The molecule has 7 heteroatoms. The molecule has 1 heterocycles. The molecule has 0 radical (unpaired) electrons. The topological polar surface area (TPSA) is 71.1 Å². The molecule has 0 spiro atoms. The molecule has 0 aliphatic rings. The van der Waals surface area contributed by atoms with Crippen molar-refractivity contribution in [2.75, 3.05) is 10.0 Å². The van der Waals surface area contributed by atoms with Crippen molar-refractivity contribution < 1.29 is 12.8 Å². The number of hydrogen-bond acceptors (Lipinski definition) is 4. The van der Waals surface area contributed by atoms with Crippen LogP contribution in [0.5, 0.6) is 0 Å². The van der Waals surface area contributed by atoms with Crippen molar-refractivity contribution in [2.24, 2.45) is 0 Å². The van der Waals surface area contributed by atoms with Crippen LogP contribution in [0.2, 0.25) is 0 Å². The summed E-state index contributed by atoms with van der Waals surface area (Å²) in [5.41, 5.74) is 2.02. The molecule has 0 bridgehead atoms. The Morgan fingerprint density at radius 1 is 0.880 bits per heavy atom. The van der Waals surface area contributed by atoms with Gasteiger partial charge >= 0.3 is 0 Å². The van der Waals surface area contributed by atoms with E-state index in [-0.39, 0.29) is 10.7 Å². The third-order valence-electron chi connectivity index (χ3n) is 3.46. The van der Waals surface area contributed by atoms with Crippen molar-refractivity contribution >= 4 is 27.2 Å². The molecule has 2 N–H and O–H groups in total. The molecule has 3 aromatic rings. The van der Waals surface area contributed by atoms with Gasteiger partial charge in [-0.2, -0.15) is 0 Å². The summed E-state index contributed by atoms with van der Waals surface area (Å²) in [6.45, 7) is 1.89. The quantitative estimate of drug-likeness (QED) is 0.722. The van der Waals surface area contributed by atoms with Gasteiger partial charge in [0.25, 0.3) is 10.0 Å². The molecule has 5 nitrogen and oxygen atoms in total. The van der Waals surface area contributed by atoms with E-state index in [2.05, 4.69) is 15.0 Å². The zero-order valence-corrected chi connectivity index (χ0v) is 14.2. The minimum absolute atomic E-state index is 0.187. The lowest BCUT2D eigenvalue weighted by Crippen LogP contribution is -2.13. The van der Waals surface area contributed by atoms with Gasteiger partial charge in [0.05, 0.1) is 16.8 Å². The normalized spacial score (nSPS) is 11.1. The Morgan fingerprint density at radius 2 is 1.52 bits per heavy atom. The Kier molecular flexibility index (Phi) is 4.67. The number of nitrogens with one attached hydrogen (secondary N) is 2. The minimum atomic E-state index is -3.66. The third-order valence-corrected chi connectivity index (χ3v) is 4.86. The molecule has 0 saturated heterocycles. The lowest BCUT2D eigenvalue weighted by molar-refractivity contribution is 0.601. The standard InChI is InChI=1S/C18H16FN3O2S/c1-13-2-9-17(10-3-13)25(23,24)22-16-8-11-18(20-12-16)21-15-6-4-14(19)5-7-15/h2-12,22H,1H3,(H,20,21). The maximum Gasteiger partial charge on any atom is 0.261 e. The molecule has 0 fully saturated rings. The van der Waals surface area contributed by atoms with E-state index in [9.17, 15) is 12.8 Å². The highest BCUT2D eigenvalue weighted by Crippen LogP contribution is 2.19. The molecule has 1 aromatic heterocycles. The van der Waals surface area contributed by atoms with Crippen molar-refractivity contribution in [3.05, 3.63) is 78.2 Å². The zero-order chi connectivity index (χ0) is 17.9. The first-order valence-corrected chi connectivity index (χ1v) is 8.99. The van der Waals surface area contributed by atoms with Gasteiger partial charge in [-0.25, -0.2) is 17.8 Å². The Labute approximate surface area is 145 Å². The summed E-state index contributed by atoms with van der Waals surface area (Å²) < 4.78 is 40.0.